The lowest BCUT2D eigenvalue weighted by Crippen LogP contribution is -2.06. The van der Waals surface area contributed by atoms with Crippen molar-refractivity contribution in [3.05, 3.63) is 53.2 Å². The number of aryl methyl sites for hydroxylation is 1. The van der Waals surface area contributed by atoms with E-state index in [2.05, 4.69) is 28.5 Å². The minimum absolute atomic E-state index is 0.824. The molecule has 0 bridgehead atoms. The Bertz CT molecular complexity index is 581. The number of pyridine rings is 1. The van der Waals surface area contributed by atoms with Crippen LogP contribution in [0.4, 0.5) is 5.82 Å². The molecule has 19 heavy (non-hydrogen) atoms. The molecule has 1 aromatic carbocycles. The Kier molecular flexibility index (Phi) is 3.36. The second-order valence-corrected chi connectivity index (χ2v) is 4.88. The van der Waals surface area contributed by atoms with E-state index in [9.17, 15) is 0 Å². The van der Waals surface area contributed by atoms with Crippen LogP contribution in [-0.2, 0) is 12.8 Å². The number of benzene rings is 1. The number of nitrogens with zero attached hydrogens (tertiary/aromatic N) is 1. The van der Waals surface area contributed by atoms with Gasteiger partial charge in [0.25, 0.3) is 0 Å². The van der Waals surface area contributed by atoms with Gasteiger partial charge in [0.2, 0.25) is 0 Å². The van der Waals surface area contributed by atoms with Gasteiger partial charge in [0, 0.05) is 18.7 Å². The van der Waals surface area contributed by atoms with Crippen molar-refractivity contribution < 1.29 is 4.74 Å². The normalized spacial score (nSPS) is 12.9. The van der Waals surface area contributed by atoms with Crippen LogP contribution in [0.3, 0.4) is 0 Å². The van der Waals surface area contributed by atoms with Crippen LogP contribution in [-0.4, -0.2) is 18.1 Å². The van der Waals surface area contributed by atoms with E-state index in [4.69, 9.17) is 4.74 Å². The Morgan fingerprint density at radius 3 is 3.11 bits per heavy atom. The predicted molar refractivity (Wildman–Crippen MR) is 76.8 cm³/mol. The van der Waals surface area contributed by atoms with Crippen LogP contribution in [0.2, 0.25) is 0 Å². The molecule has 0 spiro atoms. The van der Waals surface area contributed by atoms with Crippen LogP contribution >= 0.6 is 0 Å². The lowest BCUT2D eigenvalue weighted by molar-refractivity contribution is 0.357. The maximum absolute atomic E-state index is 5.51. The van der Waals surface area contributed by atoms with Crippen LogP contribution in [0.5, 0.6) is 5.75 Å². The van der Waals surface area contributed by atoms with Gasteiger partial charge < -0.3 is 10.1 Å². The fraction of sp³-hybridized carbons (Fsp3) is 0.312. The van der Waals surface area contributed by atoms with E-state index in [0.29, 0.717) is 0 Å². The molecule has 2 aromatic rings. The summed E-state index contributed by atoms with van der Waals surface area (Å²) in [4.78, 5) is 4.43. The number of aromatic nitrogens is 1. The Morgan fingerprint density at radius 2 is 2.21 bits per heavy atom. The zero-order chi connectivity index (χ0) is 13.1. The second-order valence-electron chi connectivity index (χ2n) is 4.88. The SMILES string of the molecule is Cc1cccc(NCCc2ccc3c(c2)CCO3)n1. The van der Waals surface area contributed by atoms with Crippen molar-refractivity contribution in [2.75, 3.05) is 18.5 Å². The molecule has 3 nitrogen and oxygen atoms in total. The molecule has 0 radical (unpaired) electrons. The molecule has 1 N–H and O–H groups in total. The Labute approximate surface area is 113 Å². The standard InChI is InChI=1S/C16H18N2O/c1-12-3-2-4-16(18-12)17-9-7-13-5-6-15-14(11-13)8-10-19-15/h2-6,11H,7-10H2,1H3,(H,17,18). The summed E-state index contributed by atoms with van der Waals surface area (Å²) >= 11 is 0. The summed E-state index contributed by atoms with van der Waals surface area (Å²) in [6.07, 6.45) is 2.04. The van der Waals surface area contributed by atoms with Gasteiger partial charge in [0.05, 0.1) is 6.61 Å². The molecule has 2 heterocycles. The van der Waals surface area contributed by atoms with Crippen LogP contribution in [0.15, 0.2) is 36.4 Å². The van der Waals surface area contributed by atoms with Gasteiger partial charge in [0.15, 0.2) is 0 Å². The van der Waals surface area contributed by atoms with Crippen LogP contribution in [0, 0.1) is 6.92 Å². The molecule has 3 rings (SSSR count). The number of fused-ring (bicyclic) bond motifs is 1. The Hall–Kier alpha value is -2.03. The van der Waals surface area contributed by atoms with Crippen LogP contribution < -0.4 is 10.1 Å². The molecule has 3 heteroatoms. The van der Waals surface area contributed by atoms with Crippen LogP contribution in [0.1, 0.15) is 16.8 Å². The van der Waals surface area contributed by atoms with Gasteiger partial charge >= 0.3 is 0 Å². The summed E-state index contributed by atoms with van der Waals surface area (Å²) in [5.41, 5.74) is 3.73. The maximum atomic E-state index is 5.51. The first-order valence-corrected chi connectivity index (χ1v) is 6.73. The first kappa shape index (κ1) is 12.0. The summed E-state index contributed by atoms with van der Waals surface area (Å²) in [6.45, 7) is 3.73. The molecule has 0 aliphatic carbocycles. The first-order valence-electron chi connectivity index (χ1n) is 6.73. The molecule has 0 atom stereocenters. The zero-order valence-electron chi connectivity index (χ0n) is 11.1. The van der Waals surface area contributed by atoms with Gasteiger partial charge in [-0.1, -0.05) is 18.2 Å². The monoisotopic (exact) mass is 254 g/mol. The van der Waals surface area contributed by atoms with Crippen molar-refractivity contribution in [1.29, 1.82) is 0 Å². The minimum Gasteiger partial charge on any atom is -0.493 e. The van der Waals surface area contributed by atoms with Gasteiger partial charge in [-0.25, -0.2) is 4.98 Å². The average molecular weight is 254 g/mol. The lowest BCUT2D eigenvalue weighted by atomic mass is 10.1. The third-order valence-corrected chi connectivity index (χ3v) is 3.36. The van der Waals surface area contributed by atoms with Gasteiger partial charge in [-0.3, -0.25) is 0 Å². The van der Waals surface area contributed by atoms with Crippen LogP contribution in [0.25, 0.3) is 0 Å². The van der Waals surface area contributed by atoms with E-state index >= 15 is 0 Å². The molecule has 0 saturated carbocycles. The molecular weight excluding hydrogens is 236 g/mol. The lowest BCUT2D eigenvalue weighted by Gasteiger charge is -2.07. The molecule has 98 valence electrons. The Morgan fingerprint density at radius 1 is 1.26 bits per heavy atom. The van der Waals surface area contributed by atoms with E-state index in [0.717, 1.165) is 43.3 Å². The molecule has 1 aliphatic heterocycles. The third-order valence-electron chi connectivity index (χ3n) is 3.36. The van der Waals surface area contributed by atoms with Gasteiger partial charge in [0.1, 0.15) is 11.6 Å². The van der Waals surface area contributed by atoms with Crippen molar-refractivity contribution in [2.24, 2.45) is 0 Å². The van der Waals surface area contributed by atoms with Crippen molar-refractivity contribution in [3.8, 4) is 5.75 Å². The second kappa shape index (κ2) is 5.31. The van der Waals surface area contributed by atoms with Crippen molar-refractivity contribution in [3.63, 3.8) is 0 Å². The average Bonchev–Trinajstić information content (AvgIpc) is 2.86. The van der Waals surface area contributed by atoms with E-state index in [1.807, 2.05) is 25.1 Å². The highest BCUT2D eigenvalue weighted by Gasteiger charge is 2.11. The fourth-order valence-corrected chi connectivity index (χ4v) is 2.37. The number of hydrogen-bond acceptors (Lipinski definition) is 3. The van der Waals surface area contributed by atoms with E-state index < -0.39 is 0 Å². The van der Waals surface area contributed by atoms with E-state index in [-0.39, 0.29) is 0 Å². The summed E-state index contributed by atoms with van der Waals surface area (Å²) in [5.74, 6) is 2.00. The van der Waals surface area contributed by atoms with Gasteiger partial charge in [-0.15, -0.1) is 0 Å². The topological polar surface area (TPSA) is 34.1 Å². The maximum Gasteiger partial charge on any atom is 0.126 e. The third kappa shape index (κ3) is 2.87. The van der Waals surface area contributed by atoms with Gasteiger partial charge in [-0.05, 0) is 42.7 Å². The van der Waals surface area contributed by atoms with Crippen molar-refractivity contribution >= 4 is 5.82 Å². The van der Waals surface area contributed by atoms with Crippen molar-refractivity contribution in [2.45, 2.75) is 19.8 Å². The Balaban J connectivity index is 1.58. The molecule has 0 saturated heterocycles. The summed E-state index contributed by atoms with van der Waals surface area (Å²) < 4.78 is 5.51. The highest BCUT2D eigenvalue weighted by atomic mass is 16.5. The predicted octanol–water partition coefficient (Wildman–Crippen LogP) is 2.98. The first-order chi connectivity index (χ1) is 9.31. The number of nitrogens with one attached hydrogen (secondary N) is 1. The highest BCUT2D eigenvalue weighted by Crippen LogP contribution is 2.25. The smallest absolute Gasteiger partial charge is 0.126 e. The molecule has 0 amide bonds. The molecule has 0 unspecified atom stereocenters. The molecule has 1 aromatic heterocycles. The minimum atomic E-state index is 0.824. The number of hydrogen-bond donors (Lipinski definition) is 1. The summed E-state index contributed by atoms with van der Waals surface area (Å²) in [7, 11) is 0. The summed E-state index contributed by atoms with van der Waals surface area (Å²) in [6, 6.07) is 12.5. The number of anilines is 1. The summed E-state index contributed by atoms with van der Waals surface area (Å²) in [5, 5.41) is 3.36. The molecular formula is C16H18N2O. The molecule has 0 fully saturated rings. The molecule has 1 aliphatic rings. The fourth-order valence-electron chi connectivity index (χ4n) is 2.37. The number of ether oxygens (including phenoxy) is 1. The quantitative estimate of drug-likeness (QED) is 0.910. The largest absolute Gasteiger partial charge is 0.493 e. The highest BCUT2D eigenvalue weighted by molar-refractivity contribution is 5.40. The van der Waals surface area contributed by atoms with Gasteiger partial charge in [-0.2, -0.15) is 0 Å². The van der Waals surface area contributed by atoms with E-state index in [1.54, 1.807) is 0 Å². The van der Waals surface area contributed by atoms with Crippen molar-refractivity contribution in [1.82, 2.24) is 4.98 Å². The van der Waals surface area contributed by atoms with E-state index in [1.165, 1.54) is 11.1 Å². The zero-order valence-corrected chi connectivity index (χ0v) is 11.1. The number of rotatable bonds is 4.